The van der Waals surface area contributed by atoms with Crippen LogP contribution in [0.1, 0.15) is 25.3 Å². The number of nitriles is 1. The first-order chi connectivity index (χ1) is 13.3. The van der Waals surface area contributed by atoms with Gasteiger partial charge in [-0.2, -0.15) is 5.26 Å². The van der Waals surface area contributed by atoms with Crippen molar-refractivity contribution in [3.05, 3.63) is 33.9 Å². The van der Waals surface area contributed by atoms with Crippen LogP contribution in [0.5, 0.6) is 11.5 Å². The summed E-state index contributed by atoms with van der Waals surface area (Å²) in [6, 6.07) is 6.37. The number of rotatable bonds is 11. The van der Waals surface area contributed by atoms with E-state index in [0.29, 0.717) is 28.5 Å². The van der Waals surface area contributed by atoms with Gasteiger partial charge in [0.05, 0.1) is 21.3 Å². The van der Waals surface area contributed by atoms with Crippen molar-refractivity contribution in [2.24, 2.45) is 0 Å². The van der Waals surface area contributed by atoms with E-state index in [1.54, 1.807) is 31.2 Å². The molecule has 0 heterocycles. The molecule has 0 radical (unpaired) electrons. The van der Waals surface area contributed by atoms with Crippen LogP contribution in [-0.2, 0) is 20.7 Å². The highest BCUT2D eigenvalue weighted by molar-refractivity contribution is 6.09. The molecule has 0 amide bonds. The van der Waals surface area contributed by atoms with Crippen molar-refractivity contribution in [1.29, 1.82) is 5.26 Å². The average Bonchev–Trinajstić information content (AvgIpc) is 2.69. The molecule has 0 N–H and O–H groups in total. The fourth-order valence-corrected chi connectivity index (χ4v) is 2.87. The van der Waals surface area contributed by atoms with Gasteiger partial charge in [0.1, 0.15) is 6.07 Å². The Morgan fingerprint density at radius 1 is 1.29 bits per heavy atom. The molecule has 0 bridgehead atoms. The average molecular weight is 393 g/mol. The fourth-order valence-electron chi connectivity index (χ4n) is 2.87. The maximum absolute atomic E-state index is 13.1. The molecule has 0 aliphatic heterocycles. The van der Waals surface area contributed by atoms with Crippen molar-refractivity contribution >= 4 is 11.8 Å². The van der Waals surface area contributed by atoms with Gasteiger partial charge >= 0.3 is 5.97 Å². The largest absolute Gasteiger partial charge is 0.493 e. The van der Waals surface area contributed by atoms with Crippen molar-refractivity contribution in [3.8, 4) is 17.6 Å². The number of Topliss-reactive ketones (excluding diaryl/α,β-unsaturated/α-hetero) is 1. The molecular formula is C18H23N3O7. The van der Waals surface area contributed by atoms with Gasteiger partial charge in [0, 0.05) is 6.42 Å². The standard InChI is InChI=1S/C18H23N3O7/c1-5-8-18(20(2)21(24)25,17(23)28-10-9-19)16(22)12-13-6-7-14(26-3)15(11-13)27-4/h6-7,11H,5,8,10,12H2,1-4H3/t18-/m1/s1. The first kappa shape index (κ1) is 22.7. The van der Waals surface area contributed by atoms with Crippen molar-refractivity contribution in [3.63, 3.8) is 0 Å². The highest BCUT2D eigenvalue weighted by Gasteiger charge is 2.55. The third-order valence-electron chi connectivity index (χ3n) is 4.29. The zero-order valence-electron chi connectivity index (χ0n) is 16.3. The molecular weight excluding hydrogens is 370 g/mol. The second-order valence-corrected chi connectivity index (χ2v) is 5.90. The minimum Gasteiger partial charge on any atom is -0.493 e. The van der Waals surface area contributed by atoms with E-state index in [-0.39, 0.29) is 12.8 Å². The molecule has 0 unspecified atom stereocenters. The Bertz CT molecular complexity index is 775. The maximum atomic E-state index is 13.1. The second-order valence-electron chi connectivity index (χ2n) is 5.90. The van der Waals surface area contributed by atoms with Crippen LogP contribution in [0.25, 0.3) is 0 Å². The molecule has 0 aliphatic rings. The number of ketones is 1. The van der Waals surface area contributed by atoms with Crippen LogP contribution in [0.3, 0.4) is 0 Å². The molecule has 152 valence electrons. The van der Waals surface area contributed by atoms with Crippen LogP contribution in [0.2, 0.25) is 0 Å². The van der Waals surface area contributed by atoms with E-state index < -0.39 is 28.9 Å². The van der Waals surface area contributed by atoms with Crippen LogP contribution in [0.4, 0.5) is 0 Å². The minimum absolute atomic E-state index is 0.138. The molecule has 0 spiro atoms. The summed E-state index contributed by atoms with van der Waals surface area (Å²) in [5, 5.41) is 19.7. The van der Waals surface area contributed by atoms with Gasteiger partial charge in [0.2, 0.25) is 0 Å². The van der Waals surface area contributed by atoms with E-state index in [1.165, 1.54) is 14.2 Å². The predicted octanol–water partition coefficient (Wildman–Crippen LogP) is 1.54. The Kier molecular flexibility index (Phi) is 8.19. The summed E-state index contributed by atoms with van der Waals surface area (Å²) >= 11 is 0. The zero-order valence-corrected chi connectivity index (χ0v) is 16.3. The predicted molar refractivity (Wildman–Crippen MR) is 97.2 cm³/mol. The molecule has 10 heteroatoms. The molecule has 0 fully saturated rings. The van der Waals surface area contributed by atoms with E-state index in [4.69, 9.17) is 19.5 Å². The van der Waals surface area contributed by atoms with E-state index in [0.717, 1.165) is 7.05 Å². The van der Waals surface area contributed by atoms with Crippen LogP contribution in [0, 0.1) is 21.4 Å². The highest BCUT2D eigenvalue weighted by atomic mass is 16.7. The van der Waals surface area contributed by atoms with Crippen LogP contribution >= 0.6 is 0 Å². The maximum Gasteiger partial charge on any atom is 0.346 e. The number of carbonyl (C=O) groups is 2. The molecule has 1 rings (SSSR count). The molecule has 0 saturated carbocycles. The number of methoxy groups -OCH3 is 2. The van der Waals surface area contributed by atoms with Gasteiger partial charge in [0.25, 0.3) is 5.54 Å². The third-order valence-corrected chi connectivity index (χ3v) is 4.29. The third kappa shape index (κ3) is 4.68. The molecule has 1 atom stereocenters. The zero-order chi connectivity index (χ0) is 21.3. The molecule has 1 aromatic carbocycles. The van der Waals surface area contributed by atoms with Gasteiger partial charge in [-0.1, -0.05) is 19.4 Å². The lowest BCUT2D eigenvalue weighted by atomic mass is 9.85. The summed E-state index contributed by atoms with van der Waals surface area (Å²) in [6.07, 6.45) is -0.113. The number of hydrogen-bond acceptors (Lipinski definition) is 8. The molecule has 0 aromatic heterocycles. The van der Waals surface area contributed by atoms with Crippen molar-refractivity contribution in [2.75, 3.05) is 27.9 Å². The monoisotopic (exact) mass is 393 g/mol. The number of hydrogen-bond donors (Lipinski definition) is 0. The topological polar surface area (TPSA) is 132 Å². The van der Waals surface area contributed by atoms with Crippen molar-refractivity contribution in [2.45, 2.75) is 31.7 Å². The Hall–Kier alpha value is -3.35. The summed E-state index contributed by atoms with van der Waals surface area (Å²) < 4.78 is 15.1. The first-order valence-corrected chi connectivity index (χ1v) is 8.44. The molecule has 0 saturated heterocycles. The number of hydrazine groups is 1. The van der Waals surface area contributed by atoms with Crippen LogP contribution < -0.4 is 9.47 Å². The SMILES string of the molecule is CCC[C@@](C(=O)Cc1ccc(OC)c(OC)c1)(C(=O)OCC#N)N(C)[N+](=O)[O-]. The molecule has 28 heavy (non-hydrogen) atoms. The van der Waals surface area contributed by atoms with Gasteiger partial charge < -0.3 is 14.2 Å². The van der Waals surface area contributed by atoms with E-state index in [2.05, 4.69) is 0 Å². The van der Waals surface area contributed by atoms with Crippen molar-refractivity contribution in [1.82, 2.24) is 5.01 Å². The Morgan fingerprint density at radius 3 is 2.43 bits per heavy atom. The summed E-state index contributed by atoms with van der Waals surface area (Å²) in [4.78, 5) is 37.2. The Labute approximate surface area is 162 Å². The number of benzene rings is 1. The number of likely N-dealkylation sites (N-methyl/N-ethyl adjacent to an activating group) is 1. The Balaban J connectivity index is 3.35. The van der Waals surface area contributed by atoms with E-state index in [1.807, 2.05) is 0 Å². The lowest BCUT2D eigenvalue weighted by Crippen LogP contribution is -2.61. The molecule has 10 nitrogen and oxygen atoms in total. The van der Waals surface area contributed by atoms with Crippen molar-refractivity contribution < 1.29 is 28.8 Å². The van der Waals surface area contributed by atoms with Gasteiger partial charge in [-0.3, -0.25) is 4.79 Å². The van der Waals surface area contributed by atoms with Gasteiger partial charge in [-0.15, -0.1) is 5.01 Å². The Morgan fingerprint density at radius 2 is 1.93 bits per heavy atom. The minimum atomic E-state index is -2.15. The van der Waals surface area contributed by atoms with E-state index >= 15 is 0 Å². The van der Waals surface area contributed by atoms with Gasteiger partial charge in [-0.25, -0.2) is 14.9 Å². The number of nitro groups is 1. The smallest absolute Gasteiger partial charge is 0.346 e. The number of carbonyl (C=O) groups excluding carboxylic acids is 2. The second kappa shape index (κ2) is 10.1. The summed E-state index contributed by atoms with van der Waals surface area (Å²) in [7, 11) is 3.94. The number of ether oxygens (including phenoxy) is 3. The summed E-state index contributed by atoms with van der Waals surface area (Å²) in [5.74, 6) is -1.01. The highest BCUT2D eigenvalue weighted by Crippen LogP contribution is 2.30. The molecule has 0 aliphatic carbocycles. The normalized spacial score (nSPS) is 12.2. The summed E-state index contributed by atoms with van der Waals surface area (Å²) in [6.45, 7) is 1.07. The first-order valence-electron chi connectivity index (χ1n) is 8.44. The van der Waals surface area contributed by atoms with Gasteiger partial charge in [0.15, 0.2) is 28.9 Å². The lowest BCUT2D eigenvalue weighted by Gasteiger charge is -2.32. The number of esters is 1. The fraction of sp³-hybridized carbons (Fsp3) is 0.500. The number of nitrogens with zero attached hydrogens (tertiary/aromatic N) is 3. The van der Waals surface area contributed by atoms with E-state index in [9.17, 15) is 19.7 Å². The lowest BCUT2D eigenvalue weighted by molar-refractivity contribution is -0.661. The summed E-state index contributed by atoms with van der Waals surface area (Å²) in [5.41, 5.74) is -1.67. The van der Waals surface area contributed by atoms with Gasteiger partial charge in [-0.05, 0) is 24.1 Å². The van der Waals surface area contributed by atoms with Crippen LogP contribution in [-0.4, -0.2) is 55.2 Å². The van der Waals surface area contributed by atoms with Crippen LogP contribution in [0.15, 0.2) is 18.2 Å². The quantitative estimate of drug-likeness (QED) is 0.238. The molecule has 1 aromatic rings.